The van der Waals surface area contributed by atoms with Crippen molar-refractivity contribution >= 4 is 7.28 Å². The highest BCUT2D eigenvalue weighted by Gasteiger charge is 2.26. The molecule has 0 nitrogen and oxygen atoms in total. The molecule has 90 valence electrons. The third-order valence-electron chi connectivity index (χ3n) is 4.49. The Balaban J connectivity index is 4.47. The first-order valence-corrected chi connectivity index (χ1v) is 7.12. The molecule has 1 heteroatoms. The first kappa shape index (κ1) is 15.1. The molecule has 0 saturated heterocycles. The lowest BCUT2D eigenvalue weighted by molar-refractivity contribution is 0.205. The summed E-state index contributed by atoms with van der Waals surface area (Å²) < 4.78 is 0. The van der Waals surface area contributed by atoms with Crippen LogP contribution in [0.1, 0.15) is 60.3 Å². The summed E-state index contributed by atoms with van der Waals surface area (Å²) in [6.45, 7) is 14.3. The lowest BCUT2D eigenvalue weighted by Crippen LogP contribution is -2.25. The fourth-order valence-corrected chi connectivity index (χ4v) is 2.95. The van der Waals surface area contributed by atoms with Gasteiger partial charge in [-0.3, -0.25) is 0 Å². The molecule has 0 aliphatic heterocycles. The highest BCUT2D eigenvalue weighted by molar-refractivity contribution is 6.35. The summed E-state index contributed by atoms with van der Waals surface area (Å²) in [6, 6.07) is 0. The van der Waals surface area contributed by atoms with E-state index in [9.17, 15) is 0 Å². The second-order valence-corrected chi connectivity index (χ2v) is 5.27. The van der Waals surface area contributed by atoms with Gasteiger partial charge in [0.2, 0.25) is 0 Å². The average Bonchev–Trinajstić information content (AvgIpc) is 2.27. The van der Waals surface area contributed by atoms with Crippen molar-refractivity contribution in [2.75, 3.05) is 0 Å². The Kier molecular flexibility index (Phi) is 8.28. The Labute approximate surface area is 98.5 Å². The molecule has 0 aromatic carbocycles. The van der Waals surface area contributed by atoms with Crippen molar-refractivity contribution < 1.29 is 0 Å². The molecule has 0 amide bonds. The summed E-state index contributed by atoms with van der Waals surface area (Å²) in [5.74, 6) is 3.70. The molecule has 0 aliphatic rings. The molecule has 15 heavy (non-hydrogen) atoms. The zero-order valence-electron chi connectivity index (χ0n) is 11.8. The number of hydrogen-bond acceptors (Lipinski definition) is 0. The highest BCUT2D eigenvalue weighted by Crippen LogP contribution is 2.36. The zero-order valence-corrected chi connectivity index (χ0v) is 11.8. The molecule has 3 atom stereocenters. The van der Waals surface area contributed by atoms with Gasteiger partial charge < -0.3 is 0 Å². The van der Waals surface area contributed by atoms with Gasteiger partial charge in [0.05, 0.1) is 0 Å². The standard InChI is InChI=1S/C14H31B/c1-7-10-14(13(8-2)9-3)11(4)12(5)15-6/h11-15H,7-10H2,1-6H3. The molecule has 0 aliphatic carbocycles. The molecular formula is C14H31B. The second-order valence-electron chi connectivity index (χ2n) is 5.27. The van der Waals surface area contributed by atoms with E-state index in [0.29, 0.717) is 0 Å². The van der Waals surface area contributed by atoms with E-state index in [1.165, 1.54) is 33.0 Å². The molecular weight excluding hydrogens is 179 g/mol. The normalized spacial score (nSPS) is 17.5. The van der Waals surface area contributed by atoms with Gasteiger partial charge in [0.25, 0.3) is 0 Å². The van der Waals surface area contributed by atoms with Crippen LogP contribution in [-0.2, 0) is 0 Å². The molecule has 0 aromatic heterocycles. The van der Waals surface area contributed by atoms with Gasteiger partial charge in [-0.25, -0.2) is 0 Å². The van der Waals surface area contributed by atoms with Crippen LogP contribution < -0.4 is 0 Å². The Bertz CT molecular complexity index is 140. The maximum absolute atomic E-state index is 2.48. The highest BCUT2D eigenvalue weighted by atomic mass is 14.3. The maximum atomic E-state index is 2.48. The minimum atomic E-state index is 0.891. The first-order valence-electron chi connectivity index (χ1n) is 7.12. The largest absolute Gasteiger partial charge is 0.120 e. The van der Waals surface area contributed by atoms with Gasteiger partial charge in [0.1, 0.15) is 7.28 Å². The van der Waals surface area contributed by atoms with Crippen molar-refractivity contribution in [2.45, 2.75) is 72.9 Å². The van der Waals surface area contributed by atoms with Gasteiger partial charge in [-0.2, -0.15) is 0 Å². The Morgan fingerprint density at radius 3 is 1.87 bits per heavy atom. The SMILES string of the molecule is CBC(C)C(C)C(CCC)C(CC)CC. The van der Waals surface area contributed by atoms with Crippen molar-refractivity contribution in [1.29, 1.82) is 0 Å². The van der Waals surface area contributed by atoms with E-state index in [4.69, 9.17) is 0 Å². The van der Waals surface area contributed by atoms with Crippen LogP contribution in [-0.4, -0.2) is 7.28 Å². The molecule has 3 unspecified atom stereocenters. The minimum Gasteiger partial charge on any atom is -0.0891 e. The zero-order chi connectivity index (χ0) is 11.8. The average molecular weight is 210 g/mol. The van der Waals surface area contributed by atoms with E-state index in [2.05, 4.69) is 41.4 Å². The van der Waals surface area contributed by atoms with Crippen molar-refractivity contribution in [2.24, 2.45) is 17.8 Å². The Hall–Kier alpha value is 0.0649. The summed E-state index contributed by atoms with van der Waals surface area (Å²) in [6.07, 6.45) is 5.50. The van der Waals surface area contributed by atoms with Crippen LogP contribution in [0.4, 0.5) is 0 Å². The summed E-state index contributed by atoms with van der Waals surface area (Å²) in [4.78, 5) is 0. The lowest BCUT2D eigenvalue weighted by Gasteiger charge is -2.34. The van der Waals surface area contributed by atoms with Crippen LogP contribution in [0.25, 0.3) is 0 Å². The van der Waals surface area contributed by atoms with E-state index < -0.39 is 0 Å². The number of hydrogen-bond donors (Lipinski definition) is 0. The molecule has 0 heterocycles. The molecule has 0 fully saturated rings. The van der Waals surface area contributed by atoms with Crippen LogP contribution in [0.3, 0.4) is 0 Å². The molecule has 0 radical (unpaired) electrons. The molecule has 0 bridgehead atoms. The minimum absolute atomic E-state index is 0.891. The fraction of sp³-hybridized carbons (Fsp3) is 1.00. The quantitative estimate of drug-likeness (QED) is 0.506. The van der Waals surface area contributed by atoms with Crippen LogP contribution >= 0.6 is 0 Å². The van der Waals surface area contributed by atoms with Crippen molar-refractivity contribution in [3.63, 3.8) is 0 Å². The fourth-order valence-electron chi connectivity index (χ4n) is 2.95. The van der Waals surface area contributed by atoms with Crippen LogP contribution in [0, 0.1) is 17.8 Å². The monoisotopic (exact) mass is 210 g/mol. The molecule has 0 N–H and O–H groups in total. The van der Waals surface area contributed by atoms with Crippen LogP contribution in [0.2, 0.25) is 12.6 Å². The van der Waals surface area contributed by atoms with E-state index >= 15 is 0 Å². The van der Waals surface area contributed by atoms with E-state index in [1.54, 1.807) is 0 Å². The van der Waals surface area contributed by atoms with Crippen LogP contribution in [0.15, 0.2) is 0 Å². The molecule has 0 rings (SSSR count). The summed E-state index contributed by atoms with van der Waals surface area (Å²) in [5.41, 5.74) is 0. The maximum Gasteiger partial charge on any atom is 0.120 e. The molecule has 0 aromatic rings. The van der Waals surface area contributed by atoms with Gasteiger partial charge in [-0.1, -0.05) is 72.9 Å². The summed E-state index contributed by atoms with van der Waals surface area (Å²) in [5, 5.41) is 0. The number of rotatable bonds is 8. The Morgan fingerprint density at radius 2 is 1.53 bits per heavy atom. The van der Waals surface area contributed by atoms with Gasteiger partial charge in [-0.15, -0.1) is 0 Å². The van der Waals surface area contributed by atoms with E-state index in [-0.39, 0.29) is 0 Å². The van der Waals surface area contributed by atoms with Gasteiger partial charge in [0, 0.05) is 0 Å². The van der Waals surface area contributed by atoms with Crippen LogP contribution in [0.5, 0.6) is 0 Å². The lowest BCUT2D eigenvalue weighted by atomic mass is 9.57. The Morgan fingerprint density at radius 1 is 1.00 bits per heavy atom. The van der Waals surface area contributed by atoms with E-state index in [1.807, 2.05) is 0 Å². The smallest absolute Gasteiger partial charge is 0.0891 e. The van der Waals surface area contributed by atoms with Crippen molar-refractivity contribution in [3.05, 3.63) is 0 Å². The molecule has 0 saturated carbocycles. The second kappa shape index (κ2) is 8.24. The van der Waals surface area contributed by atoms with Gasteiger partial charge in [-0.05, 0) is 17.8 Å². The molecule has 0 spiro atoms. The summed E-state index contributed by atoms with van der Waals surface area (Å²) in [7, 11) is 1.33. The van der Waals surface area contributed by atoms with Gasteiger partial charge >= 0.3 is 0 Å². The van der Waals surface area contributed by atoms with Crippen molar-refractivity contribution in [3.8, 4) is 0 Å². The topological polar surface area (TPSA) is 0 Å². The van der Waals surface area contributed by atoms with Gasteiger partial charge in [0.15, 0.2) is 0 Å². The predicted octanol–water partition coefficient (Wildman–Crippen LogP) is 4.77. The van der Waals surface area contributed by atoms with E-state index in [0.717, 1.165) is 23.6 Å². The van der Waals surface area contributed by atoms with Crippen molar-refractivity contribution in [1.82, 2.24) is 0 Å². The summed E-state index contributed by atoms with van der Waals surface area (Å²) >= 11 is 0. The first-order chi connectivity index (χ1) is 7.12. The predicted molar refractivity (Wildman–Crippen MR) is 74.1 cm³/mol. The third kappa shape index (κ3) is 4.61. The third-order valence-corrected chi connectivity index (χ3v) is 4.49.